The van der Waals surface area contributed by atoms with Gasteiger partial charge in [-0.05, 0) is 57.2 Å². The summed E-state index contributed by atoms with van der Waals surface area (Å²) in [6.45, 7) is 5.27. The predicted octanol–water partition coefficient (Wildman–Crippen LogP) is 3.95. The van der Waals surface area contributed by atoms with Gasteiger partial charge in [0.05, 0.1) is 12.5 Å². The van der Waals surface area contributed by atoms with Gasteiger partial charge in [0.25, 0.3) is 0 Å². The van der Waals surface area contributed by atoms with Gasteiger partial charge in [-0.15, -0.1) is 0 Å². The van der Waals surface area contributed by atoms with E-state index in [0.717, 1.165) is 11.1 Å². The molecule has 2 amide bonds. The summed E-state index contributed by atoms with van der Waals surface area (Å²) in [7, 11) is 0. The quantitative estimate of drug-likeness (QED) is 0.683. The van der Waals surface area contributed by atoms with Gasteiger partial charge in [0, 0.05) is 5.69 Å². The second-order valence-corrected chi connectivity index (χ2v) is 9.02. The van der Waals surface area contributed by atoms with Gasteiger partial charge >= 0.3 is 12.1 Å². The third-order valence-electron chi connectivity index (χ3n) is 5.27. The topological polar surface area (TPSA) is 95.9 Å². The average Bonchev–Trinajstić information content (AvgIpc) is 3.07. The number of alkyl carbamates (subject to hydrolysis) is 1. The Morgan fingerprint density at radius 2 is 1.75 bits per heavy atom. The Morgan fingerprint density at radius 1 is 1.09 bits per heavy atom. The van der Waals surface area contributed by atoms with Crippen molar-refractivity contribution in [3.63, 3.8) is 0 Å². The molecule has 7 nitrogen and oxygen atoms in total. The third-order valence-corrected chi connectivity index (χ3v) is 5.27. The van der Waals surface area contributed by atoms with E-state index >= 15 is 0 Å². The number of nitrogens with zero attached hydrogens (tertiary/aromatic N) is 1. The number of carboxylic acid groups (broad SMARTS) is 1. The lowest BCUT2D eigenvalue weighted by molar-refractivity contribution is -0.137. The van der Waals surface area contributed by atoms with Crippen LogP contribution < -0.4 is 10.2 Å². The van der Waals surface area contributed by atoms with E-state index in [4.69, 9.17) is 4.74 Å². The number of ether oxygens (including phenoxy) is 1. The second-order valence-electron chi connectivity index (χ2n) is 9.02. The maximum absolute atomic E-state index is 13.7. The van der Waals surface area contributed by atoms with E-state index in [2.05, 4.69) is 5.32 Å². The van der Waals surface area contributed by atoms with Crippen LogP contribution in [0.3, 0.4) is 0 Å². The molecule has 0 unspecified atom stereocenters. The fourth-order valence-electron chi connectivity index (χ4n) is 3.95. The molecule has 0 radical (unpaired) electrons. The Hall–Kier alpha value is -3.35. The molecule has 170 valence electrons. The van der Waals surface area contributed by atoms with E-state index in [1.807, 2.05) is 54.6 Å². The van der Waals surface area contributed by atoms with Gasteiger partial charge in [-0.1, -0.05) is 48.5 Å². The standard InChI is InChI=1S/C25H30N2O5/c1-25(2,3)32-24(31)26-20(14-13-17-9-5-4-6-10-17)23(30)27-19(16-22(28)29)15-18-11-7-8-12-21(18)27/h4-12,19-20H,13-16H2,1-3H3,(H,26,31)(H,28,29)/t19-,20-/m0/s1. The highest BCUT2D eigenvalue weighted by Gasteiger charge is 2.38. The van der Waals surface area contributed by atoms with Gasteiger partial charge in [0.15, 0.2) is 0 Å². The van der Waals surface area contributed by atoms with Gasteiger partial charge in [-0.3, -0.25) is 9.59 Å². The Balaban J connectivity index is 1.86. The van der Waals surface area contributed by atoms with Gasteiger partial charge < -0.3 is 20.1 Å². The molecular formula is C25H30N2O5. The number of anilines is 1. The molecule has 0 bridgehead atoms. The highest BCUT2D eigenvalue weighted by atomic mass is 16.6. The molecule has 0 spiro atoms. The van der Waals surface area contributed by atoms with Crippen molar-refractivity contribution in [1.82, 2.24) is 5.32 Å². The van der Waals surface area contributed by atoms with E-state index in [1.54, 1.807) is 20.8 Å². The number of rotatable bonds is 7. The van der Waals surface area contributed by atoms with Crippen LogP contribution in [0.5, 0.6) is 0 Å². The first-order chi connectivity index (χ1) is 15.1. The molecule has 1 aliphatic rings. The van der Waals surface area contributed by atoms with Crippen LogP contribution in [0.25, 0.3) is 0 Å². The molecule has 2 aromatic carbocycles. The minimum Gasteiger partial charge on any atom is -0.481 e. The molecule has 0 saturated heterocycles. The van der Waals surface area contributed by atoms with Crippen LogP contribution in [-0.4, -0.2) is 40.8 Å². The predicted molar refractivity (Wildman–Crippen MR) is 122 cm³/mol. The lowest BCUT2D eigenvalue weighted by atomic mass is 10.0. The molecule has 1 heterocycles. The van der Waals surface area contributed by atoms with Crippen molar-refractivity contribution in [2.75, 3.05) is 4.90 Å². The number of amides is 2. The molecule has 2 aromatic rings. The lowest BCUT2D eigenvalue weighted by Crippen LogP contribution is -2.52. The zero-order chi connectivity index (χ0) is 23.3. The van der Waals surface area contributed by atoms with Crippen molar-refractivity contribution in [2.45, 2.75) is 64.1 Å². The Bertz CT molecular complexity index is 968. The zero-order valence-corrected chi connectivity index (χ0v) is 18.7. The van der Waals surface area contributed by atoms with Crippen LogP contribution in [0.1, 0.15) is 44.7 Å². The monoisotopic (exact) mass is 438 g/mol. The Labute approximate surface area is 188 Å². The number of carbonyl (C=O) groups excluding carboxylic acids is 2. The Kier molecular flexibility index (Phi) is 7.18. The van der Waals surface area contributed by atoms with Crippen LogP contribution >= 0.6 is 0 Å². The summed E-state index contributed by atoms with van der Waals surface area (Å²) >= 11 is 0. The number of nitrogens with one attached hydrogen (secondary N) is 1. The van der Waals surface area contributed by atoms with E-state index < -0.39 is 29.7 Å². The first-order valence-electron chi connectivity index (χ1n) is 10.8. The number of aliphatic carboxylic acids is 1. The van der Waals surface area contributed by atoms with Crippen LogP contribution in [0.15, 0.2) is 54.6 Å². The van der Waals surface area contributed by atoms with Crippen LogP contribution in [-0.2, 0) is 27.2 Å². The molecule has 3 rings (SSSR count). The third kappa shape index (κ3) is 6.09. The molecule has 0 saturated carbocycles. The van der Waals surface area contributed by atoms with Crippen molar-refractivity contribution in [3.8, 4) is 0 Å². The average molecular weight is 439 g/mol. The molecule has 0 fully saturated rings. The summed E-state index contributed by atoms with van der Waals surface area (Å²) < 4.78 is 5.38. The van der Waals surface area contributed by atoms with E-state index in [-0.39, 0.29) is 12.3 Å². The highest BCUT2D eigenvalue weighted by Crippen LogP contribution is 2.34. The SMILES string of the molecule is CC(C)(C)OC(=O)N[C@@H](CCc1ccccc1)C(=O)N1c2ccccc2C[C@H]1CC(=O)O. The fraction of sp³-hybridized carbons (Fsp3) is 0.400. The number of hydrogen-bond donors (Lipinski definition) is 2. The first-order valence-corrected chi connectivity index (χ1v) is 10.8. The number of para-hydroxylation sites is 1. The summed E-state index contributed by atoms with van der Waals surface area (Å²) in [5.74, 6) is -1.30. The Morgan fingerprint density at radius 3 is 2.41 bits per heavy atom. The van der Waals surface area contributed by atoms with E-state index in [0.29, 0.717) is 24.9 Å². The molecular weight excluding hydrogens is 408 g/mol. The lowest BCUT2D eigenvalue weighted by Gasteiger charge is -2.30. The zero-order valence-electron chi connectivity index (χ0n) is 18.7. The van der Waals surface area contributed by atoms with E-state index in [9.17, 15) is 19.5 Å². The molecule has 1 aliphatic heterocycles. The summed E-state index contributed by atoms with van der Waals surface area (Å²) in [5, 5.41) is 12.1. The van der Waals surface area contributed by atoms with Crippen molar-refractivity contribution in [2.24, 2.45) is 0 Å². The number of carboxylic acids is 1. The van der Waals surface area contributed by atoms with Gasteiger partial charge in [0.1, 0.15) is 11.6 Å². The number of carbonyl (C=O) groups is 3. The van der Waals surface area contributed by atoms with Gasteiger partial charge in [-0.25, -0.2) is 4.79 Å². The number of fused-ring (bicyclic) bond motifs is 1. The first kappa shape index (κ1) is 23.3. The van der Waals surface area contributed by atoms with Crippen LogP contribution in [0, 0.1) is 0 Å². The van der Waals surface area contributed by atoms with Gasteiger partial charge in [0.2, 0.25) is 5.91 Å². The molecule has 2 atom stereocenters. The second kappa shape index (κ2) is 9.85. The van der Waals surface area contributed by atoms with Crippen molar-refractivity contribution < 1.29 is 24.2 Å². The molecule has 0 aliphatic carbocycles. The van der Waals surface area contributed by atoms with E-state index in [1.165, 1.54) is 4.90 Å². The summed E-state index contributed by atoms with van der Waals surface area (Å²) in [4.78, 5) is 39.2. The number of benzene rings is 2. The maximum atomic E-state index is 13.7. The molecule has 7 heteroatoms. The number of aryl methyl sites for hydroxylation is 1. The number of hydrogen-bond acceptors (Lipinski definition) is 4. The minimum absolute atomic E-state index is 0.168. The van der Waals surface area contributed by atoms with Crippen LogP contribution in [0.2, 0.25) is 0 Å². The fourth-order valence-corrected chi connectivity index (χ4v) is 3.95. The van der Waals surface area contributed by atoms with Crippen molar-refractivity contribution in [1.29, 1.82) is 0 Å². The molecule has 32 heavy (non-hydrogen) atoms. The highest BCUT2D eigenvalue weighted by molar-refractivity contribution is 6.01. The minimum atomic E-state index is -0.971. The van der Waals surface area contributed by atoms with Crippen molar-refractivity contribution >= 4 is 23.7 Å². The summed E-state index contributed by atoms with van der Waals surface area (Å²) in [6.07, 6.45) is 0.558. The smallest absolute Gasteiger partial charge is 0.408 e. The summed E-state index contributed by atoms with van der Waals surface area (Å²) in [5.41, 5.74) is 1.95. The summed E-state index contributed by atoms with van der Waals surface area (Å²) in [6, 6.07) is 15.8. The van der Waals surface area contributed by atoms with Crippen molar-refractivity contribution in [3.05, 3.63) is 65.7 Å². The van der Waals surface area contributed by atoms with Gasteiger partial charge in [-0.2, -0.15) is 0 Å². The van der Waals surface area contributed by atoms with Crippen LogP contribution in [0.4, 0.5) is 10.5 Å². The maximum Gasteiger partial charge on any atom is 0.408 e. The molecule has 2 N–H and O–H groups in total. The normalized spacial score (nSPS) is 16.2. The largest absolute Gasteiger partial charge is 0.481 e. The molecule has 0 aromatic heterocycles.